The molecule has 0 unspecified atom stereocenters. The molecule has 0 aliphatic carbocycles. The quantitative estimate of drug-likeness (QED) is 0.817. The second-order valence-electron chi connectivity index (χ2n) is 5.15. The first-order chi connectivity index (χ1) is 9.85. The third-order valence-corrected chi connectivity index (χ3v) is 3.23. The van der Waals surface area contributed by atoms with Crippen LogP contribution < -0.4 is 0 Å². The van der Waals surface area contributed by atoms with Crippen molar-refractivity contribution in [1.82, 2.24) is 4.90 Å². The van der Waals surface area contributed by atoms with E-state index in [0.717, 1.165) is 6.08 Å². The Morgan fingerprint density at radius 2 is 2.05 bits per heavy atom. The van der Waals surface area contributed by atoms with Gasteiger partial charge in [-0.05, 0) is 36.6 Å². The Bertz CT molecular complexity index is 552. The number of aliphatic carboxylic acids is 1. The summed E-state index contributed by atoms with van der Waals surface area (Å²) in [5.41, 5.74) is 1.08. The summed E-state index contributed by atoms with van der Waals surface area (Å²) >= 11 is 6.10. The van der Waals surface area contributed by atoms with E-state index in [1.807, 2.05) is 6.92 Å². The third-order valence-electron chi connectivity index (χ3n) is 2.91. The van der Waals surface area contributed by atoms with E-state index in [9.17, 15) is 9.59 Å². The minimum absolute atomic E-state index is 0.0677. The van der Waals surface area contributed by atoms with Crippen molar-refractivity contribution in [3.8, 4) is 0 Å². The van der Waals surface area contributed by atoms with Gasteiger partial charge in [-0.25, -0.2) is 4.79 Å². The Balaban J connectivity index is 2.97. The molecule has 21 heavy (non-hydrogen) atoms. The fourth-order valence-electron chi connectivity index (χ4n) is 1.94. The SMILES string of the molecule is CCN(CC(C)C)C(=O)c1ccc(/C=C/C(=O)O)c(Cl)c1. The molecule has 0 bridgehead atoms. The van der Waals surface area contributed by atoms with E-state index in [2.05, 4.69) is 13.8 Å². The lowest BCUT2D eigenvalue weighted by atomic mass is 10.1. The van der Waals surface area contributed by atoms with Gasteiger partial charge in [-0.2, -0.15) is 0 Å². The molecule has 0 heterocycles. The van der Waals surface area contributed by atoms with Gasteiger partial charge in [0.15, 0.2) is 0 Å². The Morgan fingerprint density at radius 1 is 1.38 bits per heavy atom. The molecule has 1 aromatic rings. The highest BCUT2D eigenvalue weighted by molar-refractivity contribution is 6.32. The molecule has 1 N–H and O–H groups in total. The minimum Gasteiger partial charge on any atom is -0.478 e. The lowest BCUT2D eigenvalue weighted by Gasteiger charge is -2.23. The molecule has 1 aromatic carbocycles. The van der Waals surface area contributed by atoms with E-state index in [0.29, 0.717) is 35.2 Å². The van der Waals surface area contributed by atoms with Crippen LogP contribution in [0.1, 0.15) is 36.7 Å². The van der Waals surface area contributed by atoms with Crippen molar-refractivity contribution < 1.29 is 14.7 Å². The number of hydrogen-bond acceptors (Lipinski definition) is 2. The fraction of sp³-hybridized carbons (Fsp3) is 0.375. The van der Waals surface area contributed by atoms with Gasteiger partial charge >= 0.3 is 5.97 Å². The van der Waals surface area contributed by atoms with Crippen LogP contribution in [0.3, 0.4) is 0 Å². The number of carboxylic acid groups (broad SMARTS) is 1. The fourth-order valence-corrected chi connectivity index (χ4v) is 2.18. The molecular formula is C16H20ClNO3. The third kappa shape index (κ3) is 5.23. The molecule has 0 radical (unpaired) electrons. The van der Waals surface area contributed by atoms with Crippen LogP contribution in [0.15, 0.2) is 24.3 Å². The van der Waals surface area contributed by atoms with Crippen molar-refractivity contribution in [2.45, 2.75) is 20.8 Å². The van der Waals surface area contributed by atoms with E-state index in [4.69, 9.17) is 16.7 Å². The molecule has 0 spiro atoms. The summed E-state index contributed by atoms with van der Waals surface area (Å²) in [4.78, 5) is 24.7. The average molecular weight is 310 g/mol. The van der Waals surface area contributed by atoms with Crippen LogP contribution in [0.2, 0.25) is 5.02 Å². The number of benzene rings is 1. The molecule has 4 nitrogen and oxygen atoms in total. The van der Waals surface area contributed by atoms with Gasteiger partial charge in [-0.1, -0.05) is 31.5 Å². The number of halogens is 1. The largest absolute Gasteiger partial charge is 0.478 e. The maximum Gasteiger partial charge on any atom is 0.328 e. The summed E-state index contributed by atoms with van der Waals surface area (Å²) in [5, 5.41) is 8.97. The minimum atomic E-state index is -1.04. The van der Waals surface area contributed by atoms with Crippen LogP contribution in [-0.2, 0) is 4.79 Å². The Hall–Kier alpha value is -1.81. The first kappa shape index (κ1) is 17.2. The molecular weight excluding hydrogens is 290 g/mol. The smallest absolute Gasteiger partial charge is 0.328 e. The molecule has 0 aliphatic heterocycles. The van der Waals surface area contributed by atoms with E-state index in [1.54, 1.807) is 23.1 Å². The number of amides is 1. The highest BCUT2D eigenvalue weighted by Crippen LogP contribution is 2.20. The molecule has 0 fully saturated rings. The van der Waals surface area contributed by atoms with Crippen molar-refractivity contribution in [1.29, 1.82) is 0 Å². The highest BCUT2D eigenvalue weighted by atomic mass is 35.5. The van der Waals surface area contributed by atoms with Gasteiger partial charge in [0.2, 0.25) is 0 Å². The zero-order chi connectivity index (χ0) is 16.0. The van der Waals surface area contributed by atoms with E-state index in [1.165, 1.54) is 6.08 Å². The number of nitrogens with zero attached hydrogens (tertiary/aromatic N) is 1. The Kier molecular flexibility index (Phi) is 6.43. The predicted molar refractivity (Wildman–Crippen MR) is 84.5 cm³/mol. The van der Waals surface area contributed by atoms with Crippen molar-refractivity contribution in [2.75, 3.05) is 13.1 Å². The second kappa shape index (κ2) is 7.84. The normalized spacial score (nSPS) is 11.1. The monoisotopic (exact) mass is 309 g/mol. The average Bonchev–Trinajstić information content (AvgIpc) is 2.42. The molecule has 114 valence electrons. The van der Waals surface area contributed by atoms with Crippen molar-refractivity contribution in [3.05, 3.63) is 40.4 Å². The van der Waals surface area contributed by atoms with Crippen LogP contribution in [0.25, 0.3) is 6.08 Å². The van der Waals surface area contributed by atoms with Crippen LogP contribution in [0.4, 0.5) is 0 Å². The maximum atomic E-state index is 12.4. The van der Waals surface area contributed by atoms with Crippen molar-refractivity contribution in [2.24, 2.45) is 5.92 Å². The Morgan fingerprint density at radius 3 is 2.52 bits per heavy atom. The zero-order valence-electron chi connectivity index (χ0n) is 12.5. The molecule has 0 aromatic heterocycles. The van der Waals surface area contributed by atoms with Gasteiger partial charge in [0, 0.05) is 29.8 Å². The molecule has 0 saturated heterocycles. The summed E-state index contributed by atoms with van der Waals surface area (Å²) in [6, 6.07) is 4.89. The first-order valence-electron chi connectivity index (χ1n) is 6.85. The first-order valence-corrected chi connectivity index (χ1v) is 7.22. The van der Waals surface area contributed by atoms with Gasteiger partial charge < -0.3 is 10.0 Å². The summed E-state index contributed by atoms with van der Waals surface area (Å²) in [5.74, 6) is -0.718. The summed E-state index contributed by atoms with van der Waals surface area (Å²) in [6.07, 6.45) is 2.42. The number of carbonyl (C=O) groups excluding carboxylic acids is 1. The second-order valence-corrected chi connectivity index (χ2v) is 5.55. The Labute approximate surface area is 130 Å². The van der Waals surface area contributed by atoms with Gasteiger partial charge in [0.05, 0.1) is 0 Å². The van der Waals surface area contributed by atoms with Crippen LogP contribution >= 0.6 is 11.6 Å². The highest BCUT2D eigenvalue weighted by Gasteiger charge is 2.16. The van der Waals surface area contributed by atoms with Crippen LogP contribution in [0.5, 0.6) is 0 Å². The number of hydrogen-bond donors (Lipinski definition) is 1. The standard InChI is InChI=1S/C16H20ClNO3/c1-4-18(10-11(2)3)16(21)13-6-5-12(14(17)9-13)7-8-15(19)20/h5-9,11H,4,10H2,1-3H3,(H,19,20)/b8-7+. The molecule has 5 heteroatoms. The predicted octanol–water partition coefficient (Wildman–Crippen LogP) is 3.56. The lowest BCUT2D eigenvalue weighted by molar-refractivity contribution is -0.131. The molecule has 1 amide bonds. The molecule has 0 aliphatic rings. The maximum absolute atomic E-state index is 12.4. The van der Waals surface area contributed by atoms with Gasteiger partial charge in [-0.15, -0.1) is 0 Å². The van der Waals surface area contributed by atoms with E-state index < -0.39 is 5.97 Å². The van der Waals surface area contributed by atoms with Crippen molar-refractivity contribution >= 4 is 29.6 Å². The van der Waals surface area contributed by atoms with Crippen LogP contribution in [0, 0.1) is 5.92 Å². The molecule has 0 saturated carbocycles. The number of carboxylic acids is 1. The topological polar surface area (TPSA) is 57.6 Å². The zero-order valence-corrected chi connectivity index (χ0v) is 13.2. The summed E-state index contributed by atoms with van der Waals surface area (Å²) in [6.45, 7) is 7.38. The molecule has 0 atom stereocenters. The number of carbonyl (C=O) groups is 2. The summed E-state index contributed by atoms with van der Waals surface area (Å²) in [7, 11) is 0. The van der Waals surface area contributed by atoms with Gasteiger partial charge in [-0.3, -0.25) is 4.79 Å². The van der Waals surface area contributed by atoms with E-state index >= 15 is 0 Å². The van der Waals surface area contributed by atoms with Gasteiger partial charge in [0.25, 0.3) is 5.91 Å². The van der Waals surface area contributed by atoms with E-state index in [-0.39, 0.29) is 5.91 Å². The molecule has 1 rings (SSSR count). The van der Waals surface area contributed by atoms with Crippen LogP contribution in [-0.4, -0.2) is 35.0 Å². The summed E-state index contributed by atoms with van der Waals surface area (Å²) < 4.78 is 0. The van der Waals surface area contributed by atoms with Gasteiger partial charge in [0.1, 0.15) is 0 Å². The van der Waals surface area contributed by atoms with Crippen molar-refractivity contribution in [3.63, 3.8) is 0 Å². The number of rotatable bonds is 6. The lowest BCUT2D eigenvalue weighted by Crippen LogP contribution is -2.34.